The minimum atomic E-state index is -0.168. The van der Waals surface area contributed by atoms with Gasteiger partial charge in [-0.05, 0) is 6.92 Å². The first-order valence-electron chi connectivity index (χ1n) is 3.33. The maximum Gasteiger partial charge on any atom is 0.334 e. The first-order valence-corrected chi connectivity index (χ1v) is 3.33. The minimum absolute atomic E-state index is 0.168. The molecule has 54 valence electrons. The molecule has 0 bridgehead atoms. The summed E-state index contributed by atoms with van der Waals surface area (Å²) in [6, 6.07) is 0. The average Bonchev–Trinajstić information content (AvgIpc) is 2.31. The second kappa shape index (κ2) is 3.20. The predicted molar refractivity (Wildman–Crippen MR) is 38.5 cm³/mol. The van der Waals surface area contributed by atoms with E-state index in [2.05, 4.69) is 0 Å². The zero-order chi connectivity index (χ0) is 7.40. The normalized spacial score (nSPS) is 22.5. The van der Waals surface area contributed by atoms with Crippen LogP contribution in [-0.2, 0) is 9.53 Å². The van der Waals surface area contributed by atoms with Crippen LogP contribution in [0.3, 0.4) is 0 Å². The molecule has 2 nitrogen and oxygen atoms in total. The van der Waals surface area contributed by atoms with Crippen molar-refractivity contribution in [2.45, 2.75) is 13.3 Å². The second-order valence-electron chi connectivity index (χ2n) is 2.10. The predicted octanol–water partition coefficient (Wildman–Crippen LogP) is 1.44. The van der Waals surface area contributed by atoms with Crippen LogP contribution in [0.25, 0.3) is 0 Å². The number of rotatable bonds is 1. The summed E-state index contributed by atoms with van der Waals surface area (Å²) in [5.74, 6) is -0.168. The van der Waals surface area contributed by atoms with Crippen molar-refractivity contribution >= 4 is 5.97 Å². The van der Waals surface area contributed by atoms with Crippen LogP contribution in [0.2, 0.25) is 0 Å². The number of hydrogen-bond acceptors (Lipinski definition) is 2. The van der Waals surface area contributed by atoms with E-state index in [9.17, 15) is 4.79 Å². The molecule has 0 amide bonds. The van der Waals surface area contributed by atoms with Gasteiger partial charge in [0.05, 0.1) is 6.61 Å². The summed E-state index contributed by atoms with van der Waals surface area (Å²) in [5.41, 5.74) is 0.776. The molecule has 0 radical (unpaired) electrons. The lowest BCUT2D eigenvalue weighted by atomic mass is 10.2. The highest BCUT2D eigenvalue weighted by atomic mass is 16.5. The van der Waals surface area contributed by atoms with Gasteiger partial charge in [0.15, 0.2) is 0 Å². The van der Waals surface area contributed by atoms with E-state index in [1.54, 1.807) is 6.08 Å². The number of ether oxygens (including phenoxy) is 1. The van der Waals surface area contributed by atoms with E-state index in [-0.39, 0.29) is 5.97 Å². The first-order chi connectivity index (χ1) is 4.84. The zero-order valence-electron chi connectivity index (χ0n) is 5.96. The molecule has 1 saturated heterocycles. The molecular weight excluding hydrogens is 128 g/mol. The van der Waals surface area contributed by atoms with Gasteiger partial charge < -0.3 is 4.74 Å². The third-order valence-electron chi connectivity index (χ3n) is 1.36. The Balaban J connectivity index is 2.62. The summed E-state index contributed by atoms with van der Waals surface area (Å²) < 4.78 is 4.72. The molecule has 2 heteroatoms. The lowest BCUT2D eigenvalue weighted by molar-refractivity contribution is -0.135. The van der Waals surface area contributed by atoms with Crippen molar-refractivity contribution in [3.8, 4) is 0 Å². The molecule has 0 aromatic carbocycles. The highest BCUT2D eigenvalue weighted by Gasteiger charge is 2.16. The Hall–Kier alpha value is -1.05. The molecule has 0 aromatic heterocycles. The Morgan fingerprint density at radius 1 is 1.60 bits per heavy atom. The molecule has 1 heterocycles. The van der Waals surface area contributed by atoms with Crippen molar-refractivity contribution in [2.24, 2.45) is 0 Å². The van der Waals surface area contributed by atoms with E-state index in [0.29, 0.717) is 6.61 Å². The van der Waals surface area contributed by atoms with E-state index in [1.807, 2.05) is 19.1 Å². The lowest BCUT2D eigenvalue weighted by Gasteiger charge is -1.85. The third kappa shape index (κ3) is 1.47. The van der Waals surface area contributed by atoms with E-state index in [0.717, 1.165) is 12.0 Å². The van der Waals surface area contributed by atoms with E-state index in [1.165, 1.54) is 0 Å². The van der Waals surface area contributed by atoms with Crippen LogP contribution in [0.4, 0.5) is 0 Å². The molecule has 1 fully saturated rings. The van der Waals surface area contributed by atoms with Crippen molar-refractivity contribution in [1.29, 1.82) is 0 Å². The number of carbonyl (C=O) groups excluding carboxylic acids is 1. The maximum atomic E-state index is 10.8. The summed E-state index contributed by atoms with van der Waals surface area (Å²) >= 11 is 0. The highest BCUT2D eigenvalue weighted by molar-refractivity contribution is 5.90. The van der Waals surface area contributed by atoms with Crippen LogP contribution in [0.15, 0.2) is 23.8 Å². The Morgan fingerprint density at radius 3 is 2.90 bits per heavy atom. The number of carbonyl (C=O) groups is 1. The smallest absolute Gasteiger partial charge is 0.334 e. The Morgan fingerprint density at radius 2 is 2.40 bits per heavy atom. The molecule has 0 unspecified atom stereocenters. The van der Waals surface area contributed by atoms with Crippen molar-refractivity contribution in [3.63, 3.8) is 0 Å². The maximum absolute atomic E-state index is 10.8. The summed E-state index contributed by atoms with van der Waals surface area (Å²) in [6.45, 7) is 2.46. The van der Waals surface area contributed by atoms with Gasteiger partial charge in [-0.15, -0.1) is 0 Å². The first kappa shape index (κ1) is 7.06. The van der Waals surface area contributed by atoms with Crippen LogP contribution in [-0.4, -0.2) is 12.6 Å². The number of hydrogen-bond donors (Lipinski definition) is 0. The van der Waals surface area contributed by atoms with Gasteiger partial charge in [-0.3, -0.25) is 0 Å². The SMILES string of the molecule is C/C=C/C=C1/CCOC1=O. The van der Waals surface area contributed by atoms with Gasteiger partial charge in [0.25, 0.3) is 0 Å². The van der Waals surface area contributed by atoms with Crippen molar-refractivity contribution in [3.05, 3.63) is 23.8 Å². The molecule has 0 saturated carbocycles. The molecule has 0 spiro atoms. The van der Waals surface area contributed by atoms with Gasteiger partial charge in [0.2, 0.25) is 0 Å². The summed E-state index contributed by atoms with van der Waals surface area (Å²) in [7, 11) is 0. The van der Waals surface area contributed by atoms with Crippen molar-refractivity contribution in [1.82, 2.24) is 0 Å². The van der Waals surface area contributed by atoms with Gasteiger partial charge in [-0.25, -0.2) is 4.79 Å². The Kier molecular flexibility index (Phi) is 2.26. The van der Waals surface area contributed by atoms with Crippen molar-refractivity contribution < 1.29 is 9.53 Å². The molecular formula is C8H10O2. The standard InChI is InChI=1S/C8H10O2/c1-2-3-4-7-5-6-10-8(7)9/h2-4H,5-6H2,1H3/b3-2+,7-4-. The molecule has 10 heavy (non-hydrogen) atoms. The van der Waals surface area contributed by atoms with Crippen molar-refractivity contribution in [2.75, 3.05) is 6.61 Å². The van der Waals surface area contributed by atoms with Gasteiger partial charge >= 0.3 is 5.97 Å². The van der Waals surface area contributed by atoms with E-state index < -0.39 is 0 Å². The quantitative estimate of drug-likeness (QED) is 0.405. The molecule has 0 aromatic rings. The van der Waals surface area contributed by atoms with Crippen LogP contribution in [0.1, 0.15) is 13.3 Å². The Bertz CT molecular complexity index is 189. The third-order valence-corrected chi connectivity index (χ3v) is 1.36. The zero-order valence-corrected chi connectivity index (χ0v) is 5.96. The number of esters is 1. The lowest BCUT2D eigenvalue weighted by Crippen LogP contribution is -1.93. The Labute approximate surface area is 60.2 Å². The number of allylic oxidation sites excluding steroid dienone is 3. The fourth-order valence-electron chi connectivity index (χ4n) is 0.812. The van der Waals surface area contributed by atoms with Gasteiger partial charge in [-0.1, -0.05) is 18.2 Å². The van der Waals surface area contributed by atoms with Crippen LogP contribution < -0.4 is 0 Å². The van der Waals surface area contributed by atoms with Crippen LogP contribution >= 0.6 is 0 Å². The highest BCUT2D eigenvalue weighted by Crippen LogP contribution is 2.12. The summed E-state index contributed by atoms with van der Waals surface area (Å²) in [6.07, 6.45) is 6.29. The topological polar surface area (TPSA) is 26.3 Å². The van der Waals surface area contributed by atoms with Crippen LogP contribution in [0.5, 0.6) is 0 Å². The molecule has 0 atom stereocenters. The summed E-state index contributed by atoms with van der Waals surface area (Å²) in [4.78, 5) is 10.8. The van der Waals surface area contributed by atoms with E-state index >= 15 is 0 Å². The monoisotopic (exact) mass is 138 g/mol. The minimum Gasteiger partial charge on any atom is -0.462 e. The molecule has 1 aliphatic heterocycles. The molecule has 1 rings (SSSR count). The van der Waals surface area contributed by atoms with Gasteiger partial charge in [0, 0.05) is 12.0 Å². The summed E-state index contributed by atoms with van der Waals surface area (Å²) in [5, 5.41) is 0. The van der Waals surface area contributed by atoms with Crippen LogP contribution in [0, 0.1) is 0 Å². The molecule has 0 aliphatic carbocycles. The number of cyclic esters (lactones) is 1. The van der Waals surface area contributed by atoms with E-state index in [4.69, 9.17) is 4.74 Å². The van der Waals surface area contributed by atoms with Gasteiger partial charge in [0.1, 0.15) is 0 Å². The average molecular weight is 138 g/mol. The fourth-order valence-corrected chi connectivity index (χ4v) is 0.812. The second-order valence-corrected chi connectivity index (χ2v) is 2.10. The molecule has 0 N–H and O–H groups in total. The van der Waals surface area contributed by atoms with Gasteiger partial charge in [-0.2, -0.15) is 0 Å². The fraction of sp³-hybridized carbons (Fsp3) is 0.375. The largest absolute Gasteiger partial charge is 0.462 e. The molecule has 1 aliphatic rings.